The number of nitrogens with zero attached hydrogens (tertiary/aromatic N) is 2. The summed E-state index contributed by atoms with van der Waals surface area (Å²) >= 11 is 0. The molecule has 110 valence electrons. The van der Waals surface area contributed by atoms with Crippen LogP contribution in [0.2, 0.25) is 0 Å². The van der Waals surface area contributed by atoms with Crippen molar-refractivity contribution >= 4 is 11.6 Å². The van der Waals surface area contributed by atoms with Gasteiger partial charge in [-0.3, -0.25) is 0 Å². The van der Waals surface area contributed by atoms with Crippen molar-refractivity contribution in [1.29, 1.82) is 0 Å². The second kappa shape index (κ2) is 6.58. The highest BCUT2D eigenvalue weighted by molar-refractivity contribution is 5.92. The lowest BCUT2D eigenvalue weighted by atomic mass is 10.2. The fourth-order valence-corrected chi connectivity index (χ4v) is 1.97. The molecule has 22 heavy (non-hydrogen) atoms. The van der Waals surface area contributed by atoms with Crippen LogP contribution in [-0.2, 0) is 6.54 Å². The third-order valence-electron chi connectivity index (χ3n) is 3.03. The van der Waals surface area contributed by atoms with Crippen molar-refractivity contribution in [1.82, 2.24) is 4.98 Å². The maximum atomic E-state index is 5.85. The molecule has 0 aliphatic heterocycles. The molecular weight excluding hydrogens is 276 g/mol. The first kappa shape index (κ1) is 13.9. The molecule has 3 N–H and O–H groups in total. The quantitative estimate of drug-likeness (QED) is 0.571. The average molecular weight is 292 g/mol. The number of nitrogens with two attached hydrogens (primary N) is 1. The number of aromatic nitrogens is 1. The van der Waals surface area contributed by atoms with E-state index in [1.54, 1.807) is 6.26 Å². The molecule has 0 unspecified atom stereocenters. The van der Waals surface area contributed by atoms with Crippen LogP contribution in [0.5, 0.6) is 0 Å². The van der Waals surface area contributed by atoms with Gasteiger partial charge in [0.05, 0.1) is 6.54 Å². The Morgan fingerprint density at radius 3 is 2.45 bits per heavy atom. The Morgan fingerprint density at radius 2 is 1.73 bits per heavy atom. The van der Waals surface area contributed by atoms with Crippen LogP contribution < -0.4 is 11.1 Å². The molecule has 3 rings (SSSR count). The predicted octanol–water partition coefficient (Wildman–Crippen LogP) is 3.27. The van der Waals surface area contributed by atoms with Crippen LogP contribution in [0.4, 0.5) is 5.69 Å². The van der Waals surface area contributed by atoms with Crippen LogP contribution in [0, 0.1) is 0 Å². The van der Waals surface area contributed by atoms with Gasteiger partial charge in [-0.2, -0.15) is 0 Å². The first-order valence-electron chi connectivity index (χ1n) is 6.93. The van der Waals surface area contributed by atoms with E-state index in [1.165, 1.54) is 0 Å². The lowest BCUT2D eigenvalue weighted by Crippen LogP contribution is -2.22. The number of benzene rings is 2. The number of hydrogen-bond acceptors (Lipinski definition) is 3. The van der Waals surface area contributed by atoms with E-state index in [1.807, 2.05) is 60.7 Å². The number of aliphatic imine (C=N–C) groups is 1. The summed E-state index contributed by atoms with van der Waals surface area (Å²) in [5.41, 5.74) is 8.42. The smallest absolute Gasteiger partial charge is 0.226 e. The largest absolute Gasteiger partial charge is 0.444 e. The molecule has 5 heteroatoms. The highest BCUT2D eigenvalue weighted by atomic mass is 16.3. The van der Waals surface area contributed by atoms with Crippen LogP contribution in [0.15, 0.2) is 76.3 Å². The van der Waals surface area contributed by atoms with Gasteiger partial charge in [0.2, 0.25) is 5.89 Å². The number of oxazole rings is 1. The van der Waals surface area contributed by atoms with E-state index >= 15 is 0 Å². The molecule has 0 aliphatic rings. The summed E-state index contributed by atoms with van der Waals surface area (Å²) < 4.78 is 5.46. The van der Waals surface area contributed by atoms with E-state index in [-0.39, 0.29) is 0 Å². The van der Waals surface area contributed by atoms with Crippen molar-refractivity contribution in [3.63, 3.8) is 0 Å². The zero-order valence-corrected chi connectivity index (χ0v) is 11.9. The molecule has 0 amide bonds. The molecule has 3 aromatic rings. The van der Waals surface area contributed by atoms with E-state index in [2.05, 4.69) is 15.3 Å². The molecule has 0 spiro atoms. The number of hydrogen-bond donors (Lipinski definition) is 2. The van der Waals surface area contributed by atoms with Gasteiger partial charge in [-0.25, -0.2) is 9.98 Å². The Labute approximate surface area is 128 Å². The number of anilines is 1. The lowest BCUT2D eigenvalue weighted by molar-refractivity contribution is 0.572. The normalized spacial score (nSPS) is 11.4. The van der Waals surface area contributed by atoms with Crippen LogP contribution in [0.1, 0.15) is 5.69 Å². The van der Waals surface area contributed by atoms with Crippen LogP contribution in [0.25, 0.3) is 11.5 Å². The molecule has 2 aromatic carbocycles. The van der Waals surface area contributed by atoms with Gasteiger partial charge in [-0.15, -0.1) is 0 Å². The number of rotatable bonds is 4. The Balaban J connectivity index is 1.64. The summed E-state index contributed by atoms with van der Waals surface area (Å²) in [4.78, 5) is 8.66. The zero-order chi connectivity index (χ0) is 15.2. The van der Waals surface area contributed by atoms with Gasteiger partial charge >= 0.3 is 0 Å². The lowest BCUT2D eigenvalue weighted by Gasteiger charge is -2.04. The summed E-state index contributed by atoms with van der Waals surface area (Å²) in [5.74, 6) is 0.927. The fraction of sp³-hybridized carbons (Fsp3) is 0.0588. The van der Waals surface area contributed by atoms with Gasteiger partial charge in [0.25, 0.3) is 0 Å². The van der Waals surface area contributed by atoms with E-state index in [4.69, 9.17) is 10.2 Å². The molecule has 0 saturated heterocycles. The van der Waals surface area contributed by atoms with E-state index < -0.39 is 0 Å². The first-order valence-corrected chi connectivity index (χ1v) is 6.93. The number of guanidine groups is 1. The number of nitrogens with one attached hydrogen (secondary N) is 1. The Kier molecular flexibility index (Phi) is 4.15. The monoisotopic (exact) mass is 292 g/mol. The first-order chi connectivity index (χ1) is 10.8. The van der Waals surface area contributed by atoms with Crippen molar-refractivity contribution in [2.24, 2.45) is 10.7 Å². The molecular formula is C17H16N4O. The summed E-state index contributed by atoms with van der Waals surface area (Å²) in [7, 11) is 0. The molecule has 0 fully saturated rings. The molecule has 0 radical (unpaired) electrons. The van der Waals surface area contributed by atoms with Crippen molar-refractivity contribution < 1.29 is 4.42 Å². The van der Waals surface area contributed by atoms with E-state index in [9.17, 15) is 0 Å². The summed E-state index contributed by atoms with van der Waals surface area (Å²) in [6, 6.07) is 19.4. The van der Waals surface area contributed by atoms with Crippen molar-refractivity contribution in [2.45, 2.75) is 6.54 Å². The Hall–Kier alpha value is -3.08. The Bertz CT molecular complexity index is 751. The molecule has 0 aliphatic carbocycles. The van der Waals surface area contributed by atoms with Crippen molar-refractivity contribution in [3.8, 4) is 11.5 Å². The highest BCUT2D eigenvalue weighted by Crippen LogP contribution is 2.18. The van der Waals surface area contributed by atoms with Crippen LogP contribution in [-0.4, -0.2) is 10.9 Å². The maximum absolute atomic E-state index is 5.85. The molecule has 1 aromatic heterocycles. The standard InChI is InChI=1S/C17H16N4O/c18-17(21-14-9-5-2-6-10-14)19-11-15-12-22-16(20-15)13-7-3-1-4-8-13/h1-10,12H,11H2,(H3,18,19,21). The minimum Gasteiger partial charge on any atom is -0.444 e. The van der Waals surface area contributed by atoms with Gasteiger partial charge < -0.3 is 15.5 Å². The number of para-hydroxylation sites is 1. The van der Waals surface area contributed by atoms with Gasteiger partial charge in [0.15, 0.2) is 5.96 Å². The highest BCUT2D eigenvalue weighted by Gasteiger charge is 2.05. The molecule has 0 atom stereocenters. The van der Waals surface area contributed by atoms with E-state index in [0.717, 1.165) is 16.9 Å². The van der Waals surface area contributed by atoms with Crippen molar-refractivity contribution in [2.75, 3.05) is 5.32 Å². The van der Waals surface area contributed by atoms with Crippen LogP contribution in [0.3, 0.4) is 0 Å². The fourth-order valence-electron chi connectivity index (χ4n) is 1.97. The average Bonchev–Trinajstić information content (AvgIpc) is 3.04. The van der Waals surface area contributed by atoms with E-state index in [0.29, 0.717) is 18.4 Å². The van der Waals surface area contributed by atoms with Gasteiger partial charge in [-0.1, -0.05) is 36.4 Å². The summed E-state index contributed by atoms with van der Waals surface area (Å²) in [6.07, 6.45) is 1.60. The Morgan fingerprint density at radius 1 is 1.05 bits per heavy atom. The van der Waals surface area contributed by atoms with Crippen molar-refractivity contribution in [3.05, 3.63) is 72.6 Å². The van der Waals surface area contributed by atoms with Gasteiger partial charge in [0.1, 0.15) is 12.0 Å². The predicted molar refractivity (Wildman–Crippen MR) is 87.3 cm³/mol. The molecule has 0 bridgehead atoms. The summed E-state index contributed by atoms with van der Waals surface area (Å²) in [6.45, 7) is 0.363. The maximum Gasteiger partial charge on any atom is 0.226 e. The molecule has 1 heterocycles. The molecule has 5 nitrogen and oxygen atoms in total. The second-order valence-corrected chi connectivity index (χ2v) is 4.70. The third kappa shape index (κ3) is 3.52. The topological polar surface area (TPSA) is 76.4 Å². The zero-order valence-electron chi connectivity index (χ0n) is 11.9. The second-order valence-electron chi connectivity index (χ2n) is 4.70. The summed E-state index contributed by atoms with van der Waals surface area (Å²) in [5, 5.41) is 3.02. The van der Waals surface area contributed by atoms with Gasteiger partial charge in [-0.05, 0) is 24.3 Å². The minimum atomic E-state index is 0.343. The third-order valence-corrected chi connectivity index (χ3v) is 3.03. The minimum absolute atomic E-state index is 0.343. The SMILES string of the molecule is NC(=NCc1coc(-c2ccccc2)n1)Nc1ccccc1. The molecule has 0 saturated carbocycles. The van der Waals surface area contributed by atoms with Gasteiger partial charge in [0, 0.05) is 11.3 Å². The van der Waals surface area contributed by atoms with Crippen LogP contribution >= 0.6 is 0 Å².